The number of pyridine rings is 3. The molecule has 1 atom stereocenters. The van der Waals surface area contributed by atoms with Crippen LogP contribution in [-0.2, 0) is 17.5 Å². The number of hydrogen-bond acceptors (Lipinski definition) is 6. The van der Waals surface area contributed by atoms with Crippen LogP contribution in [0.4, 0.5) is 16.4 Å². The monoisotopic (exact) mass is 575 g/mol. The van der Waals surface area contributed by atoms with E-state index in [1.165, 1.54) is 20.9 Å². The molecule has 0 N–H and O–H groups in total. The van der Waals surface area contributed by atoms with Crippen molar-refractivity contribution in [2.75, 3.05) is 37.3 Å². The minimum atomic E-state index is -0.468. The van der Waals surface area contributed by atoms with Crippen molar-refractivity contribution in [3.63, 3.8) is 0 Å². The van der Waals surface area contributed by atoms with E-state index >= 15 is 0 Å². The van der Waals surface area contributed by atoms with Crippen LogP contribution in [0.25, 0.3) is 22.0 Å². The van der Waals surface area contributed by atoms with Crippen molar-refractivity contribution in [1.29, 1.82) is 0 Å². The SMILES string of the molecule is CBN(B(C)Cc1ccccc1)c1nc(-c2cnccc2CC)cc2cc(N(C)C(=O)N(C)C3CCN(C)C3=O)ncc12. The van der Waals surface area contributed by atoms with Crippen molar-refractivity contribution < 1.29 is 9.59 Å². The fraction of sp³-hybridized carbons (Fsp3) is 0.344. The lowest BCUT2D eigenvalue weighted by Gasteiger charge is -2.30. The molecule has 1 saturated heterocycles. The number of aryl methyl sites for hydroxylation is 1. The van der Waals surface area contributed by atoms with E-state index in [1.807, 2.05) is 36.8 Å². The van der Waals surface area contributed by atoms with E-state index in [-0.39, 0.29) is 18.8 Å². The summed E-state index contributed by atoms with van der Waals surface area (Å²) in [6.07, 6.45) is 7.86. The second-order valence-corrected chi connectivity index (χ2v) is 11.3. The van der Waals surface area contributed by atoms with Crippen molar-refractivity contribution in [3.8, 4) is 11.3 Å². The van der Waals surface area contributed by atoms with Gasteiger partial charge in [0.15, 0.2) is 0 Å². The summed E-state index contributed by atoms with van der Waals surface area (Å²) in [5, 5.41) is 1.85. The highest BCUT2D eigenvalue weighted by molar-refractivity contribution is 6.74. The van der Waals surface area contributed by atoms with Crippen molar-refractivity contribution >= 4 is 48.6 Å². The lowest BCUT2D eigenvalue weighted by atomic mass is 9.54. The molecule has 0 saturated carbocycles. The molecule has 4 aromatic rings. The van der Waals surface area contributed by atoms with E-state index in [4.69, 9.17) is 9.97 Å². The van der Waals surface area contributed by atoms with Crippen LogP contribution in [0.1, 0.15) is 24.5 Å². The molecule has 3 amide bonds. The molecule has 1 aliphatic rings. The Labute approximate surface area is 255 Å². The van der Waals surface area contributed by atoms with Crippen LogP contribution in [0.5, 0.6) is 0 Å². The van der Waals surface area contributed by atoms with Crippen LogP contribution in [0.15, 0.2) is 67.1 Å². The maximum absolute atomic E-state index is 13.5. The molecule has 11 heteroatoms. The van der Waals surface area contributed by atoms with Crippen molar-refractivity contribution in [2.24, 2.45) is 0 Å². The lowest BCUT2D eigenvalue weighted by molar-refractivity contribution is -0.129. The van der Waals surface area contributed by atoms with Gasteiger partial charge in [0.2, 0.25) is 20.2 Å². The molecule has 220 valence electrons. The zero-order valence-electron chi connectivity index (χ0n) is 26.0. The quantitative estimate of drug-likeness (QED) is 0.272. The van der Waals surface area contributed by atoms with Gasteiger partial charge < -0.3 is 14.5 Å². The van der Waals surface area contributed by atoms with Gasteiger partial charge in [-0.3, -0.25) is 14.7 Å². The van der Waals surface area contributed by atoms with Gasteiger partial charge in [0.05, 0.1) is 5.69 Å². The smallest absolute Gasteiger partial charge is 0.325 e. The van der Waals surface area contributed by atoms with Crippen LogP contribution in [0.2, 0.25) is 13.6 Å². The Hall–Kier alpha value is -4.40. The summed E-state index contributed by atoms with van der Waals surface area (Å²) in [5.41, 5.74) is 4.26. The number of anilines is 2. The fourth-order valence-corrected chi connectivity index (χ4v) is 5.99. The van der Waals surface area contributed by atoms with Crippen molar-refractivity contribution in [2.45, 2.75) is 45.8 Å². The third kappa shape index (κ3) is 6.07. The summed E-state index contributed by atoms with van der Waals surface area (Å²) in [4.78, 5) is 45.2. The fourth-order valence-electron chi connectivity index (χ4n) is 5.99. The number of likely N-dealkylation sites (tertiary alicyclic amines) is 1. The van der Waals surface area contributed by atoms with E-state index < -0.39 is 6.04 Å². The highest BCUT2D eigenvalue weighted by atomic mass is 16.2. The van der Waals surface area contributed by atoms with Gasteiger partial charge in [-0.1, -0.05) is 56.5 Å². The summed E-state index contributed by atoms with van der Waals surface area (Å²) in [6, 6.07) is 15.8. The normalized spacial score (nSPS) is 14.6. The van der Waals surface area contributed by atoms with Gasteiger partial charge in [-0.25, -0.2) is 14.8 Å². The Morgan fingerprint density at radius 3 is 2.58 bits per heavy atom. The average Bonchev–Trinajstić information content (AvgIpc) is 3.37. The molecule has 0 radical (unpaired) electrons. The Morgan fingerprint density at radius 1 is 1.14 bits per heavy atom. The van der Waals surface area contributed by atoms with Crippen LogP contribution < -0.4 is 9.62 Å². The number of benzene rings is 1. The van der Waals surface area contributed by atoms with Crippen LogP contribution >= 0.6 is 0 Å². The van der Waals surface area contributed by atoms with E-state index in [9.17, 15) is 9.59 Å². The molecular weight excluding hydrogens is 536 g/mol. The first kappa shape index (κ1) is 30.1. The molecule has 1 unspecified atom stereocenters. The first-order valence-corrected chi connectivity index (χ1v) is 15.0. The third-order valence-corrected chi connectivity index (χ3v) is 8.57. The van der Waals surface area contributed by atoms with Gasteiger partial charge in [-0.2, -0.15) is 0 Å². The van der Waals surface area contributed by atoms with Crippen molar-refractivity contribution in [1.82, 2.24) is 24.8 Å². The number of hydrogen-bond donors (Lipinski definition) is 0. The van der Waals surface area contributed by atoms with Gasteiger partial charge in [0.1, 0.15) is 17.7 Å². The lowest BCUT2D eigenvalue weighted by Crippen LogP contribution is -2.47. The number of rotatable bonds is 9. The standard InChI is InChI=1S/C32H39B2N7O2/c1-7-23-13-15-35-20-25(23)27-17-24-18-29(40(6)32(43)39(5)28-14-16-38(4)31(28)42)36-21-26(24)30(37-27)41(33-2)34(3)19-22-11-9-8-10-12-22/h8-13,15,17-18,20-21,28,33H,7,14,16,19H2,1-6H3. The maximum atomic E-state index is 13.5. The second kappa shape index (κ2) is 12.9. The van der Waals surface area contributed by atoms with Gasteiger partial charge in [0.25, 0.3) is 0 Å². The van der Waals surface area contributed by atoms with Crippen molar-refractivity contribution in [3.05, 3.63) is 78.2 Å². The minimum Gasteiger partial charge on any atom is -0.448 e. The number of fused-ring (bicyclic) bond motifs is 1. The van der Waals surface area contributed by atoms with E-state index in [0.717, 1.165) is 48.0 Å². The van der Waals surface area contributed by atoms with Crippen LogP contribution in [-0.4, -0.2) is 84.7 Å². The number of nitrogens with zero attached hydrogens (tertiary/aromatic N) is 7. The number of likely N-dealkylation sites (N-methyl/N-ethyl adjacent to an activating group) is 2. The molecule has 0 aliphatic carbocycles. The predicted molar refractivity (Wildman–Crippen MR) is 177 cm³/mol. The highest BCUT2D eigenvalue weighted by Crippen LogP contribution is 2.33. The number of urea groups is 1. The summed E-state index contributed by atoms with van der Waals surface area (Å²) < 4.78 is 2.33. The Morgan fingerprint density at radius 2 is 1.91 bits per heavy atom. The Kier molecular flexibility index (Phi) is 8.99. The Balaban J connectivity index is 1.57. The highest BCUT2D eigenvalue weighted by Gasteiger charge is 2.36. The Bertz CT molecular complexity index is 1620. The van der Waals surface area contributed by atoms with Gasteiger partial charge in [-0.05, 0) is 48.3 Å². The molecule has 0 bridgehead atoms. The zero-order valence-corrected chi connectivity index (χ0v) is 26.0. The summed E-state index contributed by atoms with van der Waals surface area (Å²) >= 11 is 0. The molecule has 43 heavy (non-hydrogen) atoms. The van der Waals surface area contributed by atoms with E-state index in [0.29, 0.717) is 18.8 Å². The van der Waals surface area contributed by atoms with Gasteiger partial charge in [0, 0.05) is 57.2 Å². The minimum absolute atomic E-state index is 0.0384. The number of carbonyl (C=O) groups is 2. The van der Waals surface area contributed by atoms with E-state index in [2.05, 4.69) is 60.6 Å². The summed E-state index contributed by atoms with van der Waals surface area (Å²) in [7, 11) is 5.92. The summed E-state index contributed by atoms with van der Waals surface area (Å²) in [6.45, 7) is 7.33. The maximum Gasteiger partial charge on any atom is 0.325 e. The molecule has 0 spiro atoms. The van der Waals surface area contributed by atoms with Gasteiger partial charge in [-0.15, -0.1) is 0 Å². The molecule has 1 fully saturated rings. The molecular formula is C32H39B2N7O2. The molecule has 3 aromatic heterocycles. The molecule has 9 nitrogen and oxygen atoms in total. The third-order valence-electron chi connectivity index (χ3n) is 8.57. The molecule has 1 aromatic carbocycles. The zero-order chi connectivity index (χ0) is 30.7. The largest absolute Gasteiger partial charge is 0.448 e. The first-order valence-electron chi connectivity index (χ1n) is 15.0. The van der Waals surface area contributed by atoms with Crippen LogP contribution in [0, 0.1) is 0 Å². The summed E-state index contributed by atoms with van der Waals surface area (Å²) in [5.74, 6) is 1.33. The predicted octanol–water partition coefficient (Wildman–Crippen LogP) is 4.58. The topological polar surface area (TPSA) is 85.8 Å². The molecule has 1 aliphatic heterocycles. The number of aromatic nitrogens is 3. The second-order valence-electron chi connectivity index (χ2n) is 11.3. The van der Waals surface area contributed by atoms with E-state index in [1.54, 1.807) is 26.0 Å². The van der Waals surface area contributed by atoms with Gasteiger partial charge >= 0.3 is 6.03 Å². The average molecular weight is 575 g/mol. The van der Waals surface area contributed by atoms with Crippen LogP contribution in [0.3, 0.4) is 0 Å². The molecule has 5 rings (SSSR count). The first-order chi connectivity index (χ1) is 20.7. The number of amides is 3. The molecule has 4 heterocycles. The number of carbonyl (C=O) groups excluding carboxylic acids is 2.